The minimum absolute atomic E-state index is 0.0979. The molecule has 2 aromatic rings. The van der Waals surface area contributed by atoms with Crippen LogP contribution in [0.25, 0.3) is 0 Å². The third-order valence-electron chi connectivity index (χ3n) is 7.32. The van der Waals surface area contributed by atoms with Crippen LogP contribution in [0.15, 0.2) is 11.0 Å². The van der Waals surface area contributed by atoms with Crippen molar-refractivity contribution in [2.75, 3.05) is 19.0 Å². The highest BCUT2D eigenvalue weighted by molar-refractivity contribution is 7.90. The van der Waals surface area contributed by atoms with Crippen molar-refractivity contribution in [3.05, 3.63) is 34.0 Å². The Hall–Kier alpha value is -2.43. The van der Waals surface area contributed by atoms with E-state index in [2.05, 4.69) is 30.3 Å². The van der Waals surface area contributed by atoms with Crippen LogP contribution in [-0.2, 0) is 40.5 Å². The topological polar surface area (TPSA) is 132 Å². The number of amides is 1. The maximum Gasteiger partial charge on any atom is 0.277 e. The predicted molar refractivity (Wildman–Crippen MR) is 124 cm³/mol. The van der Waals surface area contributed by atoms with Crippen LogP contribution in [-0.4, -0.2) is 39.2 Å². The van der Waals surface area contributed by atoms with Gasteiger partial charge >= 0.3 is 0 Å². The second-order valence-electron chi connectivity index (χ2n) is 9.68. The molecule has 2 aliphatic carbocycles. The van der Waals surface area contributed by atoms with Crippen molar-refractivity contribution in [3.8, 4) is 5.88 Å². The zero-order valence-electron chi connectivity index (χ0n) is 19.3. The number of aromatic nitrogens is 2. The number of nitrogens with zero attached hydrogens (tertiary/aromatic N) is 2. The van der Waals surface area contributed by atoms with Gasteiger partial charge < -0.3 is 14.8 Å². The van der Waals surface area contributed by atoms with Gasteiger partial charge in [-0.3, -0.25) is 4.79 Å². The fourth-order valence-corrected chi connectivity index (χ4v) is 6.40. The number of anilines is 1. The van der Waals surface area contributed by atoms with E-state index in [1.165, 1.54) is 15.8 Å². The van der Waals surface area contributed by atoms with Crippen molar-refractivity contribution in [2.24, 2.45) is 5.14 Å². The smallest absolute Gasteiger partial charge is 0.277 e. The Morgan fingerprint density at radius 1 is 1.33 bits per heavy atom. The summed E-state index contributed by atoms with van der Waals surface area (Å²) < 4.78 is 33.6. The minimum atomic E-state index is -3.72. The Bertz CT molecular complexity index is 1250. The Morgan fingerprint density at radius 3 is 2.85 bits per heavy atom. The molecule has 0 saturated heterocycles. The number of rotatable bonds is 5. The predicted octanol–water partition coefficient (Wildman–Crippen LogP) is 3.14. The number of carbonyl (C=O) groups excluding carboxylic acids is 1. The molecule has 1 aromatic carbocycles. The van der Waals surface area contributed by atoms with E-state index in [9.17, 15) is 9.00 Å². The first-order valence-corrected chi connectivity index (χ1v) is 13.1. The van der Waals surface area contributed by atoms with Crippen LogP contribution in [0.2, 0.25) is 0 Å². The lowest BCUT2D eigenvalue weighted by atomic mass is 9.83. The molecule has 2 heterocycles. The molecule has 0 spiro atoms. The zero-order valence-corrected chi connectivity index (χ0v) is 20.1. The molecule has 0 bridgehead atoms. The SMILES string of the molecule is COC(C)(C)C1CCc2cc3c(c(NC(=O)c4nn5c(c4S(=N)(N)=O)OCCC5)c21)CCC3. The average molecular weight is 474 g/mol. The van der Waals surface area contributed by atoms with Gasteiger partial charge in [0, 0.05) is 31.7 Å². The van der Waals surface area contributed by atoms with Gasteiger partial charge in [0.1, 0.15) is 9.92 Å². The molecule has 1 aromatic heterocycles. The quantitative estimate of drug-likeness (QED) is 0.614. The molecule has 2 unspecified atom stereocenters. The number of nitrogens with two attached hydrogens (primary N) is 1. The lowest BCUT2D eigenvalue weighted by Crippen LogP contribution is -2.31. The first-order chi connectivity index (χ1) is 15.6. The summed E-state index contributed by atoms with van der Waals surface area (Å²) >= 11 is 0. The van der Waals surface area contributed by atoms with Crippen molar-refractivity contribution in [1.29, 1.82) is 4.78 Å². The summed E-state index contributed by atoms with van der Waals surface area (Å²) in [4.78, 5) is 13.5. The van der Waals surface area contributed by atoms with Gasteiger partial charge in [-0.05, 0) is 68.2 Å². The Balaban J connectivity index is 1.62. The van der Waals surface area contributed by atoms with E-state index < -0.39 is 21.4 Å². The molecule has 0 saturated carbocycles. The van der Waals surface area contributed by atoms with Crippen molar-refractivity contribution in [3.63, 3.8) is 0 Å². The molecule has 1 aliphatic heterocycles. The van der Waals surface area contributed by atoms with Gasteiger partial charge in [-0.15, -0.1) is 0 Å². The van der Waals surface area contributed by atoms with Gasteiger partial charge in [0.15, 0.2) is 10.6 Å². The summed E-state index contributed by atoms with van der Waals surface area (Å²) in [5.74, 6) is -0.216. The summed E-state index contributed by atoms with van der Waals surface area (Å²) in [5.41, 5.74) is 5.13. The summed E-state index contributed by atoms with van der Waals surface area (Å²) in [6.45, 7) is 5.08. The van der Waals surface area contributed by atoms with E-state index in [0.717, 1.165) is 48.9 Å². The first kappa shape index (κ1) is 22.4. The zero-order chi connectivity index (χ0) is 23.5. The van der Waals surface area contributed by atoms with Gasteiger partial charge in [0.25, 0.3) is 5.91 Å². The lowest BCUT2D eigenvalue weighted by molar-refractivity contribution is -0.000966. The fourth-order valence-electron chi connectivity index (χ4n) is 5.55. The Labute approximate surface area is 194 Å². The first-order valence-electron chi connectivity index (χ1n) is 11.5. The molecule has 0 fully saturated rings. The molecule has 10 heteroatoms. The summed E-state index contributed by atoms with van der Waals surface area (Å²) in [6, 6.07) is 2.30. The largest absolute Gasteiger partial charge is 0.477 e. The number of hydrogen-bond donors (Lipinski definition) is 3. The number of benzene rings is 1. The molecule has 1 amide bonds. The summed E-state index contributed by atoms with van der Waals surface area (Å²) in [6.07, 6.45) is 5.52. The molecule has 4 N–H and O–H groups in total. The van der Waals surface area contributed by atoms with Gasteiger partial charge in [0.2, 0.25) is 5.88 Å². The number of ether oxygens (including phenoxy) is 2. The molecule has 9 nitrogen and oxygen atoms in total. The molecule has 5 rings (SSSR count). The maximum absolute atomic E-state index is 13.6. The van der Waals surface area contributed by atoms with Crippen molar-refractivity contribution < 1.29 is 18.5 Å². The standard InChI is InChI=1S/C23H31N5O4S/c1-23(2,31-3)16-9-8-14-12-13-6-4-7-15(13)18(17(14)16)26-21(29)19-20(33(24,25)30)22-28(27-19)10-5-11-32-22/h12,16H,4-11H2,1-3H3,(H,26,29)(H3,24,25,30). The lowest BCUT2D eigenvalue weighted by Gasteiger charge is -2.32. The second kappa shape index (κ2) is 7.82. The fraction of sp³-hybridized carbons (Fsp3) is 0.565. The molecule has 3 aliphatic rings. The van der Waals surface area contributed by atoms with Crippen LogP contribution in [0, 0.1) is 4.78 Å². The molecule has 2 atom stereocenters. The summed E-state index contributed by atoms with van der Waals surface area (Å²) in [7, 11) is -2.00. The van der Waals surface area contributed by atoms with E-state index in [1.54, 1.807) is 7.11 Å². The normalized spacial score (nSPS) is 21.0. The number of aryl methyl sites for hydroxylation is 3. The van der Waals surface area contributed by atoms with E-state index in [0.29, 0.717) is 19.6 Å². The molecular weight excluding hydrogens is 442 g/mol. The number of fused-ring (bicyclic) bond motifs is 3. The number of methoxy groups -OCH3 is 1. The van der Waals surface area contributed by atoms with Crippen LogP contribution in [0.1, 0.15) is 71.8 Å². The van der Waals surface area contributed by atoms with Crippen molar-refractivity contribution in [1.82, 2.24) is 9.78 Å². The second-order valence-corrected chi connectivity index (χ2v) is 11.3. The van der Waals surface area contributed by atoms with Gasteiger partial charge in [-0.2, -0.15) is 5.10 Å². The van der Waals surface area contributed by atoms with Gasteiger partial charge in [-0.25, -0.2) is 18.8 Å². The van der Waals surface area contributed by atoms with Crippen LogP contribution in [0.5, 0.6) is 5.88 Å². The minimum Gasteiger partial charge on any atom is -0.477 e. The van der Waals surface area contributed by atoms with Gasteiger partial charge in [0.05, 0.1) is 12.2 Å². The third-order valence-corrected chi connectivity index (χ3v) is 8.29. The van der Waals surface area contributed by atoms with Crippen molar-refractivity contribution in [2.45, 2.75) is 75.3 Å². The molecule has 178 valence electrons. The van der Waals surface area contributed by atoms with E-state index in [-0.39, 0.29) is 22.4 Å². The van der Waals surface area contributed by atoms with Crippen LogP contribution < -0.4 is 15.2 Å². The van der Waals surface area contributed by atoms with E-state index >= 15 is 0 Å². The van der Waals surface area contributed by atoms with E-state index in [4.69, 9.17) is 19.4 Å². The monoisotopic (exact) mass is 473 g/mol. The highest BCUT2D eigenvalue weighted by Gasteiger charge is 2.40. The van der Waals surface area contributed by atoms with Gasteiger partial charge in [-0.1, -0.05) is 6.07 Å². The molecule has 33 heavy (non-hydrogen) atoms. The Morgan fingerprint density at radius 2 is 2.12 bits per heavy atom. The summed E-state index contributed by atoms with van der Waals surface area (Å²) in [5, 5.41) is 13.2. The molecular formula is C23H31N5O4S. The van der Waals surface area contributed by atoms with Crippen LogP contribution >= 0.6 is 0 Å². The van der Waals surface area contributed by atoms with E-state index in [1.807, 2.05) is 0 Å². The maximum atomic E-state index is 13.6. The third kappa shape index (κ3) is 3.64. The van der Waals surface area contributed by atoms with Crippen LogP contribution in [0.4, 0.5) is 5.69 Å². The Kier molecular flexibility index (Phi) is 5.30. The average Bonchev–Trinajstić information content (AvgIpc) is 3.49. The van der Waals surface area contributed by atoms with Crippen LogP contribution in [0.3, 0.4) is 0 Å². The molecule has 0 radical (unpaired) electrons. The highest BCUT2D eigenvalue weighted by Crippen LogP contribution is 2.49. The number of nitrogens with one attached hydrogen (secondary N) is 2. The number of hydrogen-bond acceptors (Lipinski definition) is 6. The van der Waals surface area contributed by atoms with Crippen molar-refractivity contribution >= 4 is 21.5 Å². The highest BCUT2D eigenvalue weighted by atomic mass is 32.2. The number of carbonyl (C=O) groups is 1.